The molecule has 0 N–H and O–H groups in total. The number of benzene rings is 1. The Kier molecular flexibility index (Phi) is 6.15. The average Bonchev–Trinajstić information content (AvgIpc) is 2.94. The molecule has 21 heavy (non-hydrogen) atoms. The Morgan fingerprint density at radius 2 is 2.24 bits per heavy atom. The summed E-state index contributed by atoms with van der Waals surface area (Å²) in [5, 5.41) is 1.06. The first-order chi connectivity index (χ1) is 10.1. The Balaban J connectivity index is 1.69. The van der Waals surface area contributed by atoms with Crippen LogP contribution < -0.4 is 4.74 Å². The monoisotopic (exact) mass is 331 g/mol. The number of amides is 1. The summed E-state index contributed by atoms with van der Waals surface area (Å²) in [6, 6.07) is 5.10. The third kappa shape index (κ3) is 4.77. The Hall–Kier alpha value is -0.970. The maximum atomic E-state index is 12.0. The molecular weight excluding hydrogens is 313 g/mol. The molecule has 1 atom stereocenters. The topological polar surface area (TPSA) is 38.8 Å². The van der Waals surface area contributed by atoms with Crippen LogP contribution in [-0.4, -0.2) is 43.7 Å². The van der Waals surface area contributed by atoms with Crippen LogP contribution in [0.25, 0.3) is 0 Å². The SMILES string of the molecule is COC1CCN(C(=O)CCCOc2ccc(Cl)cc2Cl)C1. The zero-order valence-electron chi connectivity index (χ0n) is 12.0. The van der Waals surface area contributed by atoms with Gasteiger partial charge in [0.2, 0.25) is 5.91 Å². The molecule has 0 bridgehead atoms. The minimum absolute atomic E-state index is 0.153. The van der Waals surface area contributed by atoms with Crippen LogP contribution in [0.5, 0.6) is 5.75 Å². The van der Waals surface area contributed by atoms with E-state index in [1.807, 2.05) is 4.90 Å². The van der Waals surface area contributed by atoms with Crippen LogP contribution in [0.4, 0.5) is 0 Å². The van der Waals surface area contributed by atoms with Gasteiger partial charge < -0.3 is 14.4 Å². The van der Waals surface area contributed by atoms with E-state index >= 15 is 0 Å². The summed E-state index contributed by atoms with van der Waals surface area (Å²) in [4.78, 5) is 13.9. The second kappa shape index (κ2) is 7.87. The Morgan fingerprint density at radius 3 is 2.90 bits per heavy atom. The van der Waals surface area contributed by atoms with Gasteiger partial charge in [-0.1, -0.05) is 23.2 Å². The number of methoxy groups -OCH3 is 1. The second-order valence-electron chi connectivity index (χ2n) is 5.01. The van der Waals surface area contributed by atoms with Crippen LogP contribution in [0.3, 0.4) is 0 Å². The maximum Gasteiger partial charge on any atom is 0.222 e. The Labute approximate surface area is 134 Å². The number of nitrogens with zero attached hydrogens (tertiary/aromatic N) is 1. The van der Waals surface area contributed by atoms with Crippen molar-refractivity contribution in [2.24, 2.45) is 0 Å². The number of hydrogen-bond acceptors (Lipinski definition) is 3. The van der Waals surface area contributed by atoms with Gasteiger partial charge in [-0.2, -0.15) is 0 Å². The van der Waals surface area contributed by atoms with Gasteiger partial charge in [-0.25, -0.2) is 0 Å². The van der Waals surface area contributed by atoms with E-state index in [9.17, 15) is 4.79 Å². The summed E-state index contributed by atoms with van der Waals surface area (Å²) in [5.41, 5.74) is 0. The smallest absolute Gasteiger partial charge is 0.222 e. The molecule has 0 aliphatic carbocycles. The number of carbonyl (C=O) groups is 1. The molecule has 0 aromatic heterocycles. The zero-order valence-corrected chi connectivity index (χ0v) is 13.5. The lowest BCUT2D eigenvalue weighted by molar-refractivity contribution is -0.130. The number of carbonyl (C=O) groups excluding carboxylic acids is 1. The minimum Gasteiger partial charge on any atom is -0.492 e. The normalized spacial score (nSPS) is 18.0. The fourth-order valence-corrected chi connectivity index (χ4v) is 2.77. The first kappa shape index (κ1) is 16.4. The minimum atomic E-state index is 0.153. The van der Waals surface area contributed by atoms with E-state index in [-0.39, 0.29) is 12.0 Å². The molecule has 4 nitrogen and oxygen atoms in total. The van der Waals surface area contributed by atoms with Crippen molar-refractivity contribution in [1.29, 1.82) is 0 Å². The van der Waals surface area contributed by atoms with Crippen molar-refractivity contribution in [2.45, 2.75) is 25.4 Å². The molecule has 1 heterocycles. The first-order valence-corrected chi connectivity index (χ1v) is 7.74. The lowest BCUT2D eigenvalue weighted by Gasteiger charge is -2.16. The summed E-state index contributed by atoms with van der Waals surface area (Å²) < 4.78 is 10.8. The van der Waals surface area contributed by atoms with Crippen LogP contribution in [0, 0.1) is 0 Å². The van der Waals surface area contributed by atoms with Crippen LogP contribution in [0.2, 0.25) is 10.0 Å². The van der Waals surface area contributed by atoms with E-state index < -0.39 is 0 Å². The molecule has 1 unspecified atom stereocenters. The van der Waals surface area contributed by atoms with Gasteiger partial charge in [0.25, 0.3) is 0 Å². The highest BCUT2D eigenvalue weighted by Gasteiger charge is 2.25. The molecule has 1 saturated heterocycles. The summed E-state index contributed by atoms with van der Waals surface area (Å²) >= 11 is 11.8. The molecule has 1 aromatic rings. The van der Waals surface area contributed by atoms with E-state index in [1.54, 1.807) is 25.3 Å². The van der Waals surface area contributed by atoms with Gasteiger partial charge in [0, 0.05) is 31.6 Å². The van der Waals surface area contributed by atoms with Crippen molar-refractivity contribution in [2.75, 3.05) is 26.8 Å². The molecule has 2 rings (SSSR count). The number of likely N-dealkylation sites (tertiary alicyclic amines) is 1. The van der Waals surface area contributed by atoms with Crippen LogP contribution in [-0.2, 0) is 9.53 Å². The van der Waals surface area contributed by atoms with Crippen LogP contribution >= 0.6 is 23.2 Å². The van der Waals surface area contributed by atoms with E-state index in [1.165, 1.54) is 0 Å². The Morgan fingerprint density at radius 1 is 1.43 bits per heavy atom. The molecule has 1 aromatic carbocycles. The molecule has 0 spiro atoms. The number of halogens is 2. The Bertz CT molecular complexity index is 496. The summed E-state index contributed by atoms with van der Waals surface area (Å²) in [7, 11) is 1.68. The number of rotatable bonds is 6. The highest BCUT2D eigenvalue weighted by Crippen LogP contribution is 2.27. The number of hydrogen-bond donors (Lipinski definition) is 0. The zero-order chi connectivity index (χ0) is 15.2. The standard InChI is InChI=1S/C15H19Cl2NO3/c1-20-12-6-7-18(10-12)15(19)3-2-8-21-14-5-4-11(16)9-13(14)17/h4-5,9,12H,2-3,6-8,10H2,1H3. The van der Waals surface area contributed by atoms with Crippen molar-refractivity contribution >= 4 is 29.1 Å². The molecule has 1 aliphatic heterocycles. The van der Waals surface area contributed by atoms with Crippen LogP contribution in [0.1, 0.15) is 19.3 Å². The van der Waals surface area contributed by atoms with Gasteiger partial charge in [-0.3, -0.25) is 4.79 Å². The predicted molar refractivity (Wildman–Crippen MR) is 83.2 cm³/mol. The van der Waals surface area contributed by atoms with Gasteiger partial charge >= 0.3 is 0 Å². The molecule has 116 valence electrons. The van der Waals surface area contributed by atoms with E-state index in [0.29, 0.717) is 41.8 Å². The highest BCUT2D eigenvalue weighted by molar-refractivity contribution is 6.35. The quantitative estimate of drug-likeness (QED) is 0.750. The lowest BCUT2D eigenvalue weighted by atomic mass is 10.3. The van der Waals surface area contributed by atoms with Crippen molar-refractivity contribution in [3.63, 3.8) is 0 Å². The average molecular weight is 332 g/mol. The molecule has 0 saturated carbocycles. The van der Waals surface area contributed by atoms with Crippen molar-refractivity contribution in [1.82, 2.24) is 4.90 Å². The fourth-order valence-electron chi connectivity index (χ4n) is 2.30. The first-order valence-electron chi connectivity index (χ1n) is 6.98. The third-order valence-electron chi connectivity index (χ3n) is 3.52. The summed E-state index contributed by atoms with van der Waals surface area (Å²) in [6.07, 6.45) is 2.23. The van der Waals surface area contributed by atoms with Gasteiger partial charge in [0.1, 0.15) is 5.75 Å². The summed E-state index contributed by atoms with van der Waals surface area (Å²) in [5.74, 6) is 0.745. The van der Waals surface area contributed by atoms with Gasteiger partial charge in [0.05, 0.1) is 17.7 Å². The van der Waals surface area contributed by atoms with E-state index in [4.69, 9.17) is 32.7 Å². The molecule has 1 fully saturated rings. The largest absolute Gasteiger partial charge is 0.492 e. The third-order valence-corrected chi connectivity index (χ3v) is 4.05. The van der Waals surface area contributed by atoms with Gasteiger partial charge in [-0.05, 0) is 31.0 Å². The fraction of sp³-hybridized carbons (Fsp3) is 0.533. The molecule has 1 amide bonds. The summed E-state index contributed by atoms with van der Waals surface area (Å²) in [6.45, 7) is 1.93. The highest BCUT2D eigenvalue weighted by atomic mass is 35.5. The van der Waals surface area contributed by atoms with Gasteiger partial charge in [0.15, 0.2) is 0 Å². The van der Waals surface area contributed by atoms with Gasteiger partial charge in [-0.15, -0.1) is 0 Å². The predicted octanol–water partition coefficient (Wildman–Crippen LogP) is 3.40. The lowest BCUT2D eigenvalue weighted by Crippen LogP contribution is -2.30. The molecule has 1 aliphatic rings. The second-order valence-corrected chi connectivity index (χ2v) is 5.86. The van der Waals surface area contributed by atoms with Crippen molar-refractivity contribution in [3.8, 4) is 5.75 Å². The van der Waals surface area contributed by atoms with E-state index in [2.05, 4.69) is 0 Å². The van der Waals surface area contributed by atoms with Crippen molar-refractivity contribution in [3.05, 3.63) is 28.2 Å². The number of ether oxygens (including phenoxy) is 2. The van der Waals surface area contributed by atoms with Crippen molar-refractivity contribution < 1.29 is 14.3 Å². The maximum absolute atomic E-state index is 12.0. The molecule has 0 radical (unpaired) electrons. The molecular formula is C15H19Cl2NO3. The van der Waals surface area contributed by atoms with E-state index in [0.717, 1.165) is 13.0 Å². The van der Waals surface area contributed by atoms with Crippen LogP contribution in [0.15, 0.2) is 18.2 Å². The molecule has 6 heteroatoms.